The fourth-order valence-electron chi connectivity index (χ4n) is 1.89. The highest BCUT2D eigenvalue weighted by Gasteiger charge is 1.98. The lowest BCUT2D eigenvalue weighted by molar-refractivity contribution is 0.807. The molecule has 0 radical (unpaired) electrons. The molecule has 0 aliphatic heterocycles. The number of pyridine rings is 1. The quantitative estimate of drug-likeness (QED) is 0.878. The summed E-state index contributed by atoms with van der Waals surface area (Å²) in [5.41, 5.74) is 8.50. The molecule has 2 aromatic rings. The van der Waals surface area contributed by atoms with Gasteiger partial charge in [0.2, 0.25) is 0 Å². The second-order valence-electron chi connectivity index (χ2n) is 4.64. The van der Waals surface area contributed by atoms with Crippen molar-refractivity contribution < 1.29 is 0 Å². The first-order valence-electron chi connectivity index (χ1n) is 6.28. The van der Waals surface area contributed by atoms with Crippen molar-refractivity contribution in [2.75, 3.05) is 0 Å². The normalized spacial score (nSPS) is 10.8. The largest absolute Gasteiger partial charge is 0.392 e. The number of nitrogens with two attached hydrogens (primary N) is 1. The number of hydrogen-bond acceptors (Lipinski definition) is 2. The third-order valence-electron chi connectivity index (χ3n) is 2.86. The Hall–Kier alpha value is -2.20. The van der Waals surface area contributed by atoms with E-state index in [1.54, 1.807) is 12.3 Å². The number of aryl methyl sites for hydroxylation is 1. The van der Waals surface area contributed by atoms with Crippen LogP contribution in [0.2, 0.25) is 0 Å². The zero-order valence-electron chi connectivity index (χ0n) is 11.2. The van der Waals surface area contributed by atoms with Crippen molar-refractivity contribution in [1.82, 2.24) is 4.57 Å². The van der Waals surface area contributed by atoms with Crippen molar-refractivity contribution in [3.05, 3.63) is 69.6 Å². The molecule has 0 fully saturated rings. The zero-order chi connectivity index (χ0) is 14.5. The average molecular weight is 284 g/mol. The molecule has 0 spiro atoms. The van der Waals surface area contributed by atoms with Crippen molar-refractivity contribution in [2.24, 2.45) is 5.73 Å². The smallest absolute Gasteiger partial charge is 0.251 e. The van der Waals surface area contributed by atoms with Crippen LogP contribution in [0.5, 0.6) is 0 Å². The molecular weight excluding hydrogens is 268 g/mol. The molecule has 20 heavy (non-hydrogen) atoms. The molecule has 0 bridgehead atoms. The number of thiocarbonyl (C=S) groups is 1. The fraction of sp³-hybridized carbons (Fsp3) is 0.125. The van der Waals surface area contributed by atoms with Gasteiger partial charge in [-0.1, -0.05) is 54.2 Å². The van der Waals surface area contributed by atoms with E-state index in [0.717, 1.165) is 11.1 Å². The maximum Gasteiger partial charge on any atom is 0.251 e. The van der Waals surface area contributed by atoms with Gasteiger partial charge in [0.15, 0.2) is 0 Å². The Bertz CT molecular complexity index is 716. The van der Waals surface area contributed by atoms with Gasteiger partial charge in [0, 0.05) is 12.3 Å². The van der Waals surface area contributed by atoms with E-state index in [4.69, 9.17) is 18.0 Å². The monoisotopic (exact) mass is 284 g/mol. The summed E-state index contributed by atoms with van der Waals surface area (Å²) < 4.78 is 1.49. The summed E-state index contributed by atoms with van der Waals surface area (Å²) in [6.45, 7) is 2.32. The molecule has 4 heteroatoms. The minimum Gasteiger partial charge on any atom is -0.392 e. The van der Waals surface area contributed by atoms with E-state index in [9.17, 15) is 4.79 Å². The van der Waals surface area contributed by atoms with Crippen molar-refractivity contribution >= 4 is 29.4 Å². The van der Waals surface area contributed by atoms with Gasteiger partial charge < -0.3 is 10.3 Å². The van der Waals surface area contributed by atoms with Gasteiger partial charge in [-0.3, -0.25) is 4.79 Å². The molecule has 0 aliphatic rings. The van der Waals surface area contributed by atoms with Crippen molar-refractivity contribution in [3.8, 4) is 0 Å². The third kappa shape index (κ3) is 3.90. The lowest BCUT2D eigenvalue weighted by atomic mass is 10.1. The molecule has 2 rings (SSSR count). The van der Waals surface area contributed by atoms with Crippen molar-refractivity contribution in [1.29, 1.82) is 0 Å². The molecule has 0 atom stereocenters. The predicted octanol–water partition coefficient (Wildman–Crippen LogP) is 2.61. The van der Waals surface area contributed by atoms with Crippen LogP contribution in [-0.2, 0) is 6.54 Å². The molecule has 1 aromatic heterocycles. The lowest BCUT2D eigenvalue weighted by Crippen LogP contribution is -2.25. The van der Waals surface area contributed by atoms with Crippen LogP contribution in [0.15, 0.2) is 47.4 Å². The zero-order valence-corrected chi connectivity index (χ0v) is 12.1. The highest BCUT2D eigenvalue weighted by atomic mass is 32.1. The van der Waals surface area contributed by atoms with Crippen molar-refractivity contribution in [3.63, 3.8) is 0 Å². The SMILES string of the molecule is Cc1cccc(/C=C/c2ccn(CC(N)=S)c(=O)c2)c1. The van der Waals surface area contributed by atoms with Crippen LogP contribution >= 0.6 is 12.2 Å². The first-order chi connectivity index (χ1) is 9.54. The van der Waals surface area contributed by atoms with Crippen molar-refractivity contribution in [2.45, 2.75) is 13.5 Å². The van der Waals surface area contributed by atoms with Gasteiger partial charge in [-0.25, -0.2) is 0 Å². The Labute approximate surface area is 123 Å². The summed E-state index contributed by atoms with van der Waals surface area (Å²) in [6, 6.07) is 11.6. The molecule has 1 heterocycles. The van der Waals surface area contributed by atoms with Gasteiger partial charge in [-0.05, 0) is 24.1 Å². The van der Waals surface area contributed by atoms with Crippen LogP contribution in [0.4, 0.5) is 0 Å². The maximum absolute atomic E-state index is 11.9. The van der Waals surface area contributed by atoms with Crippen LogP contribution in [-0.4, -0.2) is 9.56 Å². The standard InChI is InChI=1S/C16H16N2OS/c1-12-3-2-4-13(9-12)5-6-14-7-8-18(11-15(17)20)16(19)10-14/h2-10H,11H2,1H3,(H2,17,20)/b6-5+. The Kier molecular flexibility index (Phi) is 4.48. The Morgan fingerprint density at radius 2 is 1.95 bits per heavy atom. The molecular formula is C16H16N2OS. The summed E-state index contributed by atoms with van der Waals surface area (Å²) in [4.78, 5) is 12.2. The molecule has 102 valence electrons. The maximum atomic E-state index is 11.9. The number of aromatic nitrogens is 1. The van der Waals surface area contributed by atoms with E-state index in [-0.39, 0.29) is 12.1 Å². The minimum atomic E-state index is -0.107. The highest BCUT2D eigenvalue weighted by Crippen LogP contribution is 2.08. The molecule has 0 saturated carbocycles. The topological polar surface area (TPSA) is 48.0 Å². The number of nitrogens with zero attached hydrogens (tertiary/aromatic N) is 1. The molecule has 0 amide bonds. The molecule has 1 aromatic carbocycles. The molecule has 0 aliphatic carbocycles. The summed E-state index contributed by atoms with van der Waals surface area (Å²) >= 11 is 4.80. The van der Waals surface area contributed by atoms with E-state index in [1.807, 2.05) is 43.3 Å². The van der Waals surface area contributed by atoms with Gasteiger partial charge in [-0.15, -0.1) is 0 Å². The lowest BCUT2D eigenvalue weighted by Gasteiger charge is -2.03. The first kappa shape index (κ1) is 14.2. The van der Waals surface area contributed by atoms with Crippen LogP contribution in [0, 0.1) is 6.92 Å². The van der Waals surface area contributed by atoms with Crippen LogP contribution < -0.4 is 11.3 Å². The van der Waals surface area contributed by atoms with E-state index in [2.05, 4.69) is 6.07 Å². The van der Waals surface area contributed by atoms with E-state index >= 15 is 0 Å². The summed E-state index contributed by atoms with van der Waals surface area (Å²) in [6.07, 6.45) is 5.61. The van der Waals surface area contributed by atoms with E-state index in [0.29, 0.717) is 4.99 Å². The van der Waals surface area contributed by atoms with Gasteiger partial charge in [-0.2, -0.15) is 0 Å². The van der Waals surface area contributed by atoms with E-state index in [1.165, 1.54) is 10.1 Å². The second kappa shape index (κ2) is 6.30. The van der Waals surface area contributed by atoms with Gasteiger partial charge >= 0.3 is 0 Å². The van der Waals surface area contributed by atoms with Crippen LogP contribution in [0.3, 0.4) is 0 Å². The second-order valence-corrected chi connectivity index (χ2v) is 5.16. The Morgan fingerprint density at radius 3 is 2.55 bits per heavy atom. The average Bonchev–Trinajstić information content (AvgIpc) is 2.39. The van der Waals surface area contributed by atoms with Crippen LogP contribution in [0.25, 0.3) is 12.2 Å². The fourth-order valence-corrected chi connectivity index (χ4v) is 2.03. The number of hydrogen-bond donors (Lipinski definition) is 1. The summed E-state index contributed by atoms with van der Waals surface area (Å²) in [5.74, 6) is 0. The highest BCUT2D eigenvalue weighted by molar-refractivity contribution is 7.80. The number of rotatable bonds is 4. The van der Waals surface area contributed by atoms with Crippen LogP contribution in [0.1, 0.15) is 16.7 Å². The summed E-state index contributed by atoms with van der Waals surface area (Å²) in [5, 5.41) is 0. The van der Waals surface area contributed by atoms with Gasteiger partial charge in [0.25, 0.3) is 5.56 Å². The molecule has 0 saturated heterocycles. The number of benzene rings is 1. The van der Waals surface area contributed by atoms with Gasteiger partial charge in [0.05, 0.1) is 11.5 Å². The Morgan fingerprint density at radius 1 is 1.25 bits per heavy atom. The molecule has 2 N–H and O–H groups in total. The third-order valence-corrected chi connectivity index (χ3v) is 2.99. The molecule has 0 unspecified atom stereocenters. The predicted molar refractivity (Wildman–Crippen MR) is 87.6 cm³/mol. The summed E-state index contributed by atoms with van der Waals surface area (Å²) in [7, 11) is 0. The Balaban J connectivity index is 2.20. The van der Waals surface area contributed by atoms with Gasteiger partial charge in [0.1, 0.15) is 0 Å². The minimum absolute atomic E-state index is 0.107. The molecule has 3 nitrogen and oxygen atoms in total. The first-order valence-corrected chi connectivity index (χ1v) is 6.69. The van der Waals surface area contributed by atoms with E-state index < -0.39 is 0 Å².